The van der Waals surface area contributed by atoms with Crippen molar-refractivity contribution >= 4 is 13.8 Å². The Balaban J connectivity index is 0.00000272. The van der Waals surface area contributed by atoms with Crippen LogP contribution in [0.3, 0.4) is 0 Å². The molecule has 0 radical (unpaired) electrons. The van der Waals surface area contributed by atoms with Crippen molar-refractivity contribution in [1.29, 1.82) is 0 Å². The van der Waals surface area contributed by atoms with E-state index in [-0.39, 0.29) is 29.7 Å². The number of phosphoric ester groups is 1. The molecule has 33 heavy (non-hydrogen) atoms. The Morgan fingerprint density at radius 1 is 1.24 bits per heavy atom. The molecule has 2 atom stereocenters. The van der Waals surface area contributed by atoms with Gasteiger partial charge in [0.2, 0.25) is 0 Å². The molecule has 8 N–H and O–H groups in total. The summed E-state index contributed by atoms with van der Waals surface area (Å²) in [6.45, 7) is 7.64. The summed E-state index contributed by atoms with van der Waals surface area (Å²) in [4.78, 5) is 30.1. The number of benzene rings is 1. The van der Waals surface area contributed by atoms with Gasteiger partial charge >= 0.3 is 13.8 Å². The molecular formula is C23H39N2O7P. The van der Waals surface area contributed by atoms with E-state index in [1.54, 1.807) is 0 Å². The van der Waals surface area contributed by atoms with Gasteiger partial charge in [0, 0.05) is 17.4 Å². The molecule has 0 bridgehead atoms. The lowest BCUT2D eigenvalue weighted by Crippen LogP contribution is -2.45. The molecule has 0 spiro atoms. The quantitative estimate of drug-likeness (QED) is 0.124. The summed E-state index contributed by atoms with van der Waals surface area (Å²) in [6.07, 6.45) is 8.03. The normalized spacial score (nSPS) is 20.7. The van der Waals surface area contributed by atoms with Gasteiger partial charge in [0.05, 0.1) is 0 Å². The van der Waals surface area contributed by atoms with Crippen molar-refractivity contribution in [3.8, 4) is 11.5 Å². The predicted molar refractivity (Wildman–Crippen MR) is 127 cm³/mol. The Kier molecular flexibility index (Phi) is 10.3. The van der Waals surface area contributed by atoms with Crippen molar-refractivity contribution in [3.05, 3.63) is 34.9 Å². The highest BCUT2D eigenvalue weighted by Crippen LogP contribution is 2.54. The first-order valence-corrected chi connectivity index (χ1v) is 12.5. The van der Waals surface area contributed by atoms with E-state index in [0.717, 1.165) is 55.4 Å². The average Bonchev–Trinajstić information content (AvgIpc) is 2.65. The van der Waals surface area contributed by atoms with Crippen molar-refractivity contribution in [2.75, 3.05) is 6.61 Å². The van der Waals surface area contributed by atoms with Crippen molar-refractivity contribution in [1.82, 2.24) is 12.3 Å². The molecule has 1 aliphatic carbocycles. The van der Waals surface area contributed by atoms with Gasteiger partial charge in [-0.3, -0.25) is 4.52 Å². The van der Waals surface area contributed by atoms with Crippen LogP contribution in [0.4, 0.5) is 0 Å². The number of rotatable bonds is 8. The second-order valence-electron chi connectivity index (χ2n) is 9.11. The fourth-order valence-corrected chi connectivity index (χ4v) is 4.97. The maximum absolute atomic E-state index is 12.3. The molecule has 2 aliphatic rings. The first kappa shape index (κ1) is 29.3. The molecule has 1 aromatic rings. The third kappa shape index (κ3) is 7.37. The lowest BCUT2D eigenvalue weighted by Gasteiger charge is -2.47. The van der Waals surface area contributed by atoms with Crippen LogP contribution in [0, 0.1) is 5.92 Å². The first-order valence-electron chi connectivity index (χ1n) is 10.9. The van der Waals surface area contributed by atoms with Gasteiger partial charge in [0.1, 0.15) is 17.1 Å². The highest BCUT2D eigenvalue weighted by Gasteiger charge is 2.46. The molecule has 9 nitrogen and oxygen atoms in total. The van der Waals surface area contributed by atoms with E-state index in [1.807, 2.05) is 6.07 Å². The minimum atomic E-state index is -4.76. The van der Waals surface area contributed by atoms with Crippen LogP contribution in [0.5, 0.6) is 11.5 Å². The van der Waals surface area contributed by atoms with E-state index in [4.69, 9.17) is 19.3 Å². The molecule has 0 saturated heterocycles. The number of hydrogen-bond acceptors (Lipinski definition) is 7. The number of carbonyl (C=O) groups is 1. The minimum Gasteiger partial charge on any atom is -0.487 e. The average molecular weight is 487 g/mol. The Bertz CT molecular complexity index is 910. The van der Waals surface area contributed by atoms with Crippen molar-refractivity contribution in [2.45, 2.75) is 77.7 Å². The maximum atomic E-state index is 12.3. The van der Waals surface area contributed by atoms with Crippen molar-refractivity contribution < 1.29 is 33.1 Å². The van der Waals surface area contributed by atoms with Gasteiger partial charge in [-0.2, -0.15) is 0 Å². The lowest BCUT2D eigenvalue weighted by molar-refractivity contribution is -0.137. The van der Waals surface area contributed by atoms with Gasteiger partial charge in [-0.05, 0) is 64.2 Å². The minimum absolute atomic E-state index is 0. The maximum Gasteiger partial charge on any atom is 0.470 e. The van der Waals surface area contributed by atoms with E-state index in [0.29, 0.717) is 5.75 Å². The Hall–Kier alpha value is -1.74. The van der Waals surface area contributed by atoms with E-state index < -0.39 is 20.4 Å². The standard InChI is InChI=1S/C23H33O7P.2H3N/c1-5-6-7-8-16-12-19(29-21(24)14-28-31(25,26)27)22-17-11-15(2)9-10-18(17)23(3,4)30-20(22)13-16;;/h9,12-13,17-18H,5-8,10-11,14H2,1-4H3,(H2,25,26,27);2*1H3/t17-,18-;;/m1../s1. The lowest BCUT2D eigenvalue weighted by atomic mass is 9.67. The third-order valence-electron chi connectivity index (χ3n) is 6.19. The topological polar surface area (TPSA) is 172 Å². The second kappa shape index (κ2) is 11.6. The van der Waals surface area contributed by atoms with Gasteiger partial charge < -0.3 is 31.6 Å². The van der Waals surface area contributed by atoms with Crippen LogP contribution in [0.1, 0.15) is 76.8 Å². The van der Waals surface area contributed by atoms with Crippen LogP contribution in [-0.4, -0.2) is 28.0 Å². The summed E-state index contributed by atoms with van der Waals surface area (Å²) in [6, 6.07) is 3.93. The SMILES string of the molecule is CCCCCc1cc(OC(=O)COP(=O)(O)O)c2c(c1)OC(C)(C)[C@@H]1CC=C(C)C[C@@H]21.N.N. The fourth-order valence-electron chi connectivity index (χ4n) is 4.70. The number of esters is 1. The molecule has 0 amide bonds. The number of hydrogen-bond donors (Lipinski definition) is 4. The number of fused-ring (bicyclic) bond motifs is 3. The van der Waals surface area contributed by atoms with Gasteiger partial charge in [-0.25, -0.2) is 9.36 Å². The highest BCUT2D eigenvalue weighted by molar-refractivity contribution is 7.46. The molecule has 0 unspecified atom stereocenters. The van der Waals surface area contributed by atoms with Crippen molar-refractivity contribution in [2.24, 2.45) is 5.92 Å². The number of allylic oxidation sites excluding steroid dienone is 2. The third-order valence-corrected chi connectivity index (χ3v) is 6.66. The molecule has 1 aliphatic heterocycles. The van der Waals surface area contributed by atoms with E-state index >= 15 is 0 Å². The zero-order valence-electron chi connectivity index (χ0n) is 20.1. The summed E-state index contributed by atoms with van der Waals surface area (Å²) in [7, 11) is -4.76. The predicted octanol–water partition coefficient (Wildman–Crippen LogP) is 5.37. The van der Waals surface area contributed by atoms with Gasteiger partial charge in [-0.15, -0.1) is 0 Å². The smallest absolute Gasteiger partial charge is 0.470 e. The van der Waals surface area contributed by atoms with Gasteiger partial charge in [0.25, 0.3) is 0 Å². The highest BCUT2D eigenvalue weighted by atomic mass is 31.2. The van der Waals surface area contributed by atoms with E-state index in [9.17, 15) is 9.36 Å². The fraction of sp³-hybridized carbons (Fsp3) is 0.609. The molecule has 0 saturated carbocycles. The largest absolute Gasteiger partial charge is 0.487 e. The molecule has 0 fully saturated rings. The summed E-state index contributed by atoms with van der Waals surface area (Å²) in [5, 5.41) is 0. The summed E-state index contributed by atoms with van der Waals surface area (Å²) in [5.74, 6) is 0.662. The summed E-state index contributed by atoms with van der Waals surface area (Å²) >= 11 is 0. The van der Waals surface area contributed by atoms with Gasteiger partial charge in [0.15, 0.2) is 6.61 Å². The summed E-state index contributed by atoms with van der Waals surface area (Å²) < 4.78 is 27.3. The second-order valence-corrected chi connectivity index (χ2v) is 10.3. The number of ether oxygens (including phenoxy) is 2. The molecule has 10 heteroatoms. The first-order chi connectivity index (χ1) is 14.5. The van der Waals surface area contributed by atoms with E-state index in [2.05, 4.69) is 44.4 Å². The molecule has 188 valence electrons. The number of carbonyl (C=O) groups excluding carboxylic acids is 1. The Labute approximate surface area is 196 Å². The number of aryl methyl sites for hydroxylation is 1. The molecule has 1 heterocycles. The van der Waals surface area contributed by atoms with Crippen LogP contribution in [0.2, 0.25) is 0 Å². The Morgan fingerprint density at radius 3 is 2.58 bits per heavy atom. The van der Waals surface area contributed by atoms with Crippen LogP contribution < -0.4 is 21.8 Å². The molecule has 0 aromatic heterocycles. The van der Waals surface area contributed by atoms with Crippen LogP contribution in [0.25, 0.3) is 0 Å². The number of phosphoric acid groups is 1. The van der Waals surface area contributed by atoms with E-state index in [1.165, 1.54) is 5.57 Å². The van der Waals surface area contributed by atoms with Crippen LogP contribution >= 0.6 is 7.82 Å². The van der Waals surface area contributed by atoms with Crippen LogP contribution in [-0.2, 0) is 20.3 Å². The molecule has 3 rings (SSSR count). The molecular weight excluding hydrogens is 447 g/mol. The number of unbranched alkanes of at least 4 members (excludes halogenated alkanes) is 2. The molecule has 1 aromatic carbocycles. The zero-order chi connectivity index (χ0) is 22.8. The van der Waals surface area contributed by atoms with Crippen molar-refractivity contribution in [3.63, 3.8) is 0 Å². The van der Waals surface area contributed by atoms with Crippen LogP contribution in [0.15, 0.2) is 23.8 Å². The Morgan fingerprint density at radius 2 is 1.94 bits per heavy atom. The zero-order valence-corrected chi connectivity index (χ0v) is 21.0. The monoisotopic (exact) mass is 486 g/mol. The summed E-state index contributed by atoms with van der Waals surface area (Å²) in [5.41, 5.74) is 2.81. The van der Waals surface area contributed by atoms with Gasteiger partial charge in [-0.1, -0.05) is 31.4 Å².